The Labute approximate surface area is 128 Å². The van der Waals surface area contributed by atoms with E-state index in [4.69, 9.17) is 5.73 Å². The van der Waals surface area contributed by atoms with Crippen LogP contribution in [0.5, 0.6) is 0 Å². The molecule has 0 fully saturated rings. The second-order valence-corrected chi connectivity index (χ2v) is 7.02. The molecule has 2 atom stereocenters. The molecule has 0 saturated carbocycles. The van der Waals surface area contributed by atoms with E-state index in [1.807, 2.05) is 6.92 Å². The first kappa shape index (κ1) is 17.7. The molecule has 0 spiro atoms. The van der Waals surface area contributed by atoms with Gasteiger partial charge in [-0.3, -0.25) is 0 Å². The summed E-state index contributed by atoms with van der Waals surface area (Å²) in [5, 5.41) is 0. The van der Waals surface area contributed by atoms with E-state index in [1.165, 1.54) is 0 Å². The molecule has 0 amide bonds. The van der Waals surface area contributed by atoms with Gasteiger partial charge in [0.2, 0.25) is 10.0 Å². The van der Waals surface area contributed by atoms with Gasteiger partial charge in [-0.1, -0.05) is 38.2 Å². The third-order valence-electron chi connectivity index (χ3n) is 3.29. The molecular formula is C16H24N2O2S. The molecule has 2 unspecified atom stereocenters. The Morgan fingerprint density at radius 1 is 1.33 bits per heavy atom. The molecule has 0 aliphatic heterocycles. The van der Waals surface area contributed by atoms with Gasteiger partial charge in [-0.25, -0.2) is 13.1 Å². The summed E-state index contributed by atoms with van der Waals surface area (Å²) in [6.07, 6.45) is 1.86. The summed E-state index contributed by atoms with van der Waals surface area (Å²) in [6.45, 7) is 6.36. The molecule has 0 bridgehead atoms. The lowest BCUT2D eigenvalue weighted by atomic mass is 10.0. The second kappa shape index (κ2) is 8.18. The molecule has 1 aromatic carbocycles. The molecule has 0 radical (unpaired) electrons. The number of hydrogen-bond donors (Lipinski definition) is 2. The summed E-state index contributed by atoms with van der Waals surface area (Å²) in [5.41, 5.74) is 5.97. The van der Waals surface area contributed by atoms with E-state index < -0.39 is 10.0 Å². The predicted octanol–water partition coefficient (Wildman–Crippen LogP) is 2.10. The third kappa shape index (κ3) is 5.88. The van der Waals surface area contributed by atoms with Gasteiger partial charge < -0.3 is 5.73 Å². The van der Waals surface area contributed by atoms with Crippen molar-refractivity contribution >= 4 is 10.0 Å². The van der Waals surface area contributed by atoms with Gasteiger partial charge in [0, 0.05) is 11.6 Å². The van der Waals surface area contributed by atoms with Crippen LogP contribution < -0.4 is 10.5 Å². The fourth-order valence-corrected chi connectivity index (χ4v) is 3.35. The highest BCUT2D eigenvalue weighted by molar-refractivity contribution is 7.89. The second-order valence-electron chi connectivity index (χ2n) is 5.31. The minimum absolute atomic E-state index is 0.0938. The van der Waals surface area contributed by atoms with Crippen molar-refractivity contribution in [3.05, 3.63) is 29.8 Å². The fraction of sp³-hybridized carbons (Fsp3) is 0.500. The molecular weight excluding hydrogens is 284 g/mol. The van der Waals surface area contributed by atoms with E-state index in [2.05, 4.69) is 30.4 Å². The minimum Gasteiger partial charge on any atom is -0.320 e. The number of nitrogens with two attached hydrogens (primary N) is 1. The van der Waals surface area contributed by atoms with Crippen molar-refractivity contribution < 1.29 is 8.42 Å². The van der Waals surface area contributed by atoms with E-state index in [0.29, 0.717) is 11.5 Å². The summed E-state index contributed by atoms with van der Waals surface area (Å²) in [4.78, 5) is 0.238. The maximum atomic E-state index is 12.4. The number of rotatable bonds is 6. The molecule has 0 heterocycles. The van der Waals surface area contributed by atoms with Gasteiger partial charge in [-0.15, -0.1) is 0 Å². The maximum absolute atomic E-state index is 12.4. The first-order chi connectivity index (χ1) is 9.89. The Hall–Kier alpha value is -1.35. The van der Waals surface area contributed by atoms with E-state index in [9.17, 15) is 8.42 Å². The predicted molar refractivity (Wildman–Crippen MR) is 86.2 cm³/mol. The zero-order valence-electron chi connectivity index (χ0n) is 12.9. The van der Waals surface area contributed by atoms with E-state index in [-0.39, 0.29) is 17.5 Å². The smallest absolute Gasteiger partial charge is 0.240 e. The normalized spacial score (nSPS) is 14.1. The first-order valence-corrected chi connectivity index (χ1v) is 8.68. The molecule has 5 heteroatoms. The first-order valence-electron chi connectivity index (χ1n) is 7.20. The lowest BCUT2D eigenvalue weighted by Gasteiger charge is -2.17. The van der Waals surface area contributed by atoms with Crippen LogP contribution in [0, 0.1) is 17.8 Å². The standard InChI is InChI=1S/C16H24N2O2S/c1-4-13(2)11-14(3)18-21(19,20)16-9-5-7-15(12-16)8-6-10-17/h5,7,9,12-14,18H,4,10-11,17H2,1-3H3. The van der Waals surface area contributed by atoms with Crippen LogP contribution in [0.2, 0.25) is 0 Å². The number of benzene rings is 1. The van der Waals surface area contributed by atoms with Crippen LogP contribution >= 0.6 is 0 Å². The topological polar surface area (TPSA) is 72.2 Å². The van der Waals surface area contributed by atoms with Crippen molar-refractivity contribution in [3.63, 3.8) is 0 Å². The summed E-state index contributed by atoms with van der Waals surface area (Å²) in [5.74, 6) is 6.05. The Kier molecular flexibility index (Phi) is 6.90. The average molecular weight is 308 g/mol. The van der Waals surface area contributed by atoms with Gasteiger partial charge in [0.15, 0.2) is 0 Å². The van der Waals surface area contributed by atoms with Crippen LogP contribution in [-0.2, 0) is 10.0 Å². The third-order valence-corrected chi connectivity index (χ3v) is 4.88. The van der Waals surface area contributed by atoms with Crippen LogP contribution in [-0.4, -0.2) is 21.0 Å². The maximum Gasteiger partial charge on any atom is 0.240 e. The zero-order valence-corrected chi connectivity index (χ0v) is 13.7. The average Bonchev–Trinajstić information content (AvgIpc) is 2.44. The minimum atomic E-state index is -3.51. The SMILES string of the molecule is CCC(C)CC(C)NS(=O)(=O)c1cccc(C#CCN)c1. The van der Waals surface area contributed by atoms with Crippen molar-refractivity contribution in [2.45, 2.75) is 44.6 Å². The Morgan fingerprint density at radius 3 is 2.67 bits per heavy atom. The quantitative estimate of drug-likeness (QED) is 0.791. The molecule has 21 heavy (non-hydrogen) atoms. The van der Waals surface area contributed by atoms with E-state index in [0.717, 1.165) is 12.8 Å². The largest absolute Gasteiger partial charge is 0.320 e. The van der Waals surface area contributed by atoms with Crippen LogP contribution in [0.4, 0.5) is 0 Å². The zero-order chi connectivity index (χ0) is 15.9. The molecule has 0 saturated heterocycles. The van der Waals surface area contributed by atoms with Gasteiger partial charge in [-0.2, -0.15) is 0 Å². The molecule has 1 aromatic rings. The van der Waals surface area contributed by atoms with E-state index >= 15 is 0 Å². The molecule has 0 aliphatic carbocycles. The lowest BCUT2D eigenvalue weighted by Crippen LogP contribution is -2.33. The monoisotopic (exact) mass is 308 g/mol. The van der Waals surface area contributed by atoms with Crippen LogP contribution in [0.25, 0.3) is 0 Å². The molecule has 116 valence electrons. The van der Waals surface area contributed by atoms with Gasteiger partial charge in [0.05, 0.1) is 11.4 Å². The Balaban J connectivity index is 2.87. The number of sulfonamides is 1. The Morgan fingerprint density at radius 2 is 2.05 bits per heavy atom. The number of hydrogen-bond acceptors (Lipinski definition) is 3. The Bertz CT molecular complexity index is 615. The number of nitrogens with one attached hydrogen (secondary N) is 1. The van der Waals surface area contributed by atoms with Crippen LogP contribution in [0.1, 0.15) is 39.2 Å². The molecule has 4 nitrogen and oxygen atoms in total. The van der Waals surface area contributed by atoms with Crippen molar-refractivity contribution in [1.82, 2.24) is 4.72 Å². The van der Waals surface area contributed by atoms with Gasteiger partial charge >= 0.3 is 0 Å². The van der Waals surface area contributed by atoms with E-state index in [1.54, 1.807) is 24.3 Å². The lowest BCUT2D eigenvalue weighted by molar-refractivity contribution is 0.445. The van der Waals surface area contributed by atoms with Gasteiger partial charge in [0.1, 0.15) is 0 Å². The molecule has 1 rings (SSSR count). The highest BCUT2D eigenvalue weighted by atomic mass is 32.2. The molecule has 0 aromatic heterocycles. The van der Waals surface area contributed by atoms with Crippen molar-refractivity contribution in [3.8, 4) is 11.8 Å². The van der Waals surface area contributed by atoms with Crippen LogP contribution in [0.3, 0.4) is 0 Å². The fourth-order valence-electron chi connectivity index (χ4n) is 2.05. The molecule has 3 N–H and O–H groups in total. The van der Waals surface area contributed by atoms with Gasteiger partial charge in [-0.05, 0) is 37.5 Å². The van der Waals surface area contributed by atoms with Crippen molar-refractivity contribution in [2.75, 3.05) is 6.54 Å². The molecule has 0 aliphatic rings. The van der Waals surface area contributed by atoms with Crippen molar-refractivity contribution in [2.24, 2.45) is 11.7 Å². The van der Waals surface area contributed by atoms with Crippen molar-refractivity contribution in [1.29, 1.82) is 0 Å². The summed E-state index contributed by atoms with van der Waals surface area (Å²) < 4.78 is 27.4. The highest BCUT2D eigenvalue weighted by Crippen LogP contribution is 2.14. The van der Waals surface area contributed by atoms with Gasteiger partial charge in [0.25, 0.3) is 0 Å². The van der Waals surface area contributed by atoms with Crippen LogP contribution in [0.15, 0.2) is 29.2 Å². The highest BCUT2D eigenvalue weighted by Gasteiger charge is 2.18. The summed E-state index contributed by atoms with van der Waals surface area (Å²) >= 11 is 0. The summed E-state index contributed by atoms with van der Waals surface area (Å²) in [6, 6.07) is 6.51. The summed E-state index contributed by atoms with van der Waals surface area (Å²) in [7, 11) is -3.51.